The SMILES string of the molecule is NC(Cc1ccc(C(F)(F)F)c(F)c1F)C(=O)O. The summed E-state index contributed by atoms with van der Waals surface area (Å²) in [5.74, 6) is -5.26. The molecule has 1 unspecified atom stereocenters. The monoisotopic (exact) mass is 269 g/mol. The first-order chi connectivity index (χ1) is 8.14. The summed E-state index contributed by atoms with van der Waals surface area (Å²) in [4.78, 5) is 10.4. The Hall–Kier alpha value is -1.70. The Balaban J connectivity index is 3.13. The minimum Gasteiger partial charge on any atom is -0.480 e. The molecule has 0 heterocycles. The van der Waals surface area contributed by atoms with Crippen LogP contribution >= 0.6 is 0 Å². The van der Waals surface area contributed by atoms with Crippen molar-refractivity contribution in [1.29, 1.82) is 0 Å². The van der Waals surface area contributed by atoms with E-state index in [2.05, 4.69) is 0 Å². The van der Waals surface area contributed by atoms with E-state index in [1.807, 2.05) is 0 Å². The summed E-state index contributed by atoms with van der Waals surface area (Å²) >= 11 is 0. The maximum atomic E-state index is 13.3. The summed E-state index contributed by atoms with van der Waals surface area (Å²) in [6.45, 7) is 0. The number of hydrogen-bond acceptors (Lipinski definition) is 2. The molecule has 3 N–H and O–H groups in total. The Morgan fingerprint density at radius 1 is 1.28 bits per heavy atom. The summed E-state index contributed by atoms with van der Waals surface area (Å²) in [5.41, 5.74) is 2.82. The molecule has 0 aliphatic carbocycles. The van der Waals surface area contributed by atoms with Gasteiger partial charge in [0.2, 0.25) is 0 Å². The third-order valence-corrected chi connectivity index (χ3v) is 2.22. The first-order valence-electron chi connectivity index (χ1n) is 4.67. The maximum absolute atomic E-state index is 13.3. The van der Waals surface area contributed by atoms with Gasteiger partial charge in [0.15, 0.2) is 11.6 Å². The topological polar surface area (TPSA) is 63.3 Å². The number of carboxylic acid groups (broad SMARTS) is 1. The predicted octanol–water partition coefficient (Wildman–Crippen LogP) is 1.94. The number of benzene rings is 1. The van der Waals surface area contributed by atoms with Gasteiger partial charge in [-0.05, 0) is 11.6 Å². The molecule has 100 valence electrons. The predicted molar refractivity (Wildman–Crippen MR) is 50.7 cm³/mol. The highest BCUT2D eigenvalue weighted by molar-refractivity contribution is 5.73. The average molecular weight is 269 g/mol. The van der Waals surface area contributed by atoms with Gasteiger partial charge in [-0.2, -0.15) is 13.2 Å². The van der Waals surface area contributed by atoms with Crippen LogP contribution < -0.4 is 5.73 Å². The minimum absolute atomic E-state index is 0.350. The summed E-state index contributed by atoms with van der Waals surface area (Å²) in [6, 6.07) is -0.498. The maximum Gasteiger partial charge on any atom is 0.419 e. The van der Waals surface area contributed by atoms with Crippen LogP contribution in [0, 0.1) is 11.6 Å². The number of alkyl halides is 3. The Morgan fingerprint density at radius 3 is 2.28 bits per heavy atom. The van der Waals surface area contributed by atoms with Gasteiger partial charge < -0.3 is 10.8 Å². The van der Waals surface area contributed by atoms with Crippen LogP contribution in [0.2, 0.25) is 0 Å². The third-order valence-electron chi connectivity index (χ3n) is 2.22. The van der Waals surface area contributed by atoms with E-state index in [0.717, 1.165) is 0 Å². The molecular weight excluding hydrogens is 261 g/mol. The molecule has 1 aromatic rings. The summed E-state index contributed by atoms with van der Waals surface area (Å²) in [7, 11) is 0. The molecule has 1 atom stereocenters. The molecular formula is C10H8F5NO2. The van der Waals surface area contributed by atoms with Gasteiger partial charge in [0, 0.05) is 6.42 Å². The lowest BCUT2D eigenvalue weighted by molar-refractivity contribution is -0.140. The van der Waals surface area contributed by atoms with E-state index in [4.69, 9.17) is 10.8 Å². The van der Waals surface area contributed by atoms with Crippen LogP contribution in [0.4, 0.5) is 22.0 Å². The largest absolute Gasteiger partial charge is 0.480 e. The highest BCUT2D eigenvalue weighted by Gasteiger charge is 2.36. The van der Waals surface area contributed by atoms with Crippen LogP contribution in [0.1, 0.15) is 11.1 Å². The fourth-order valence-electron chi connectivity index (χ4n) is 1.29. The van der Waals surface area contributed by atoms with Gasteiger partial charge in [0.25, 0.3) is 0 Å². The average Bonchev–Trinajstić information content (AvgIpc) is 2.22. The number of rotatable bonds is 3. The molecule has 8 heteroatoms. The molecule has 0 spiro atoms. The molecule has 0 aromatic heterocycles. The van der Waals surface area contributed by atoms with Crippen molar-refractivity contribution in [3.05, 3.63) is 34.9 Å². The number of carboxylic acids is 1. The van der Waals surface area contributed by atoms with Crippen molar-refractivity contribution in [2.75, 3.05) is 0 Å². The molecule has 3 nitrogen and oxygen atoms in total. The lowest BCUT2D eigenvalue weighted by atomic mass is 10.0. The van der Waals surface area contributed by atoms with Crippen LogP contribution in [0.25, 0.3) is 0 Å². The highest BCUT2D eigenvalue weighted by Crippen LogP contribution is 2.33. The summed E-state index contributed by atoms with van der Waals surface area (Å²) in [5, 5.41) is 8.47. The van der Waals surface area contributed by atoms with Gasteiger partial charge in [-0.25, -0.2) is 8.78 Å². The van der Waals surface area contributed by atoms with Crippen molar-refractivity contribution < 1.29 is 31.9 Å². The van der Waals surface area contributed by atoms with Gasteiger partial charge >= 0.3 is 12.1 Å². The molecule has 0 bridgehead atoms. The third kappa shape index (κ3) is 2.95. The number of aliphatic carboxylic acids is 1. The Bertz CT molecular complexity index is 472. The molecule has 0 radical (unpaired) electrons. The summed E-state index contributed by atoms with van der Waals surface area (Å²) in [6.07, 6.45) is -5.62. The first-order valence-corrected chi connectivity index (χ1v) is 4.67. The minimum atomic E-state index is -5.02. The number of nitrogens with two attached hydrogens (primary N) is 1. The van der Waals surface area contributed by atoms with E-state index < -0.39 is 47.4 Å². The van der Waals surface area contributed by atoms with Gasteiger partial charge in [-0.1, -0.05) is 6.07 Å². The Morgan fingerprint density at radius 2 is 1.83 bits per heavy atom. The van der Waals surface area contributed by atoms with Gasteiger partial charge in [0.1, 0.15) is 6.04 Å². The number of carbonyl (C=O) groups is 1. The molecule has 0 aliphatic heterocycles. The number of hydrogen-bond donors (Lipinski definition) is 2. The molecule has 0 fully saturated rings. The molecule has 0 saturated carbocycles. The van der Waals surface area contributed by atoms with Gasteiger partial charge in [0.05, 0.1) is 5.56 Å². The van der Waals surface area contributed by atoms with E-state index in [1.54, 1.807) is 0 Å². The van der Waals surface area contributed by atoms with Gasteiger partial charge in [-0.3, -0.25) is 4.79 Å². The number of halogens is 5. The second-order valence-electron chi connectivity index (χ2n) is 3.55. The van der Waals surface area contributed by atoms with Crippen molar-refractivity contribution in [2.45, 2.75) is 18.6 Å². The lowest BCUT2D eigenvalue weighted by Crippen LogP contribution is -2.32. The summed E-state index contributed by atoms with van der Waals surface area (Å²) < 4.78 is 63.1. The van der Waals surface area contributed by atoms with Crippen molar-refractivity contribution in [2.24, 2.45) is 5.73 Å². The fraction of sp³-hybridized carbons (Fsp3) is 0.300. The van der Waals surface area contributed by atoms with Crippen molar-refractivity contribution in [3.63, 3.8) is 0 Å². The standard InChI is InChI=1S/C10H8F5NO2/c11-7-4(3-6(16)9(17)18)1-2-5(8(7)12)10(13,14)15/h1-2,6H,3,16H2,(H,17,18). The normalized spacial score (nSPS) is 13.4. The van der Waals surface area contributed by atoms with Crippen LogP contribution in [0.5, 0.6) is 0 Å². The molecule has 18 heavy (non-hydrogen) atoms. The zero-order chi connectivity index (χ0) is 14.1. The van der Waals surface area contributed by atoms with Crippen LogP contribution in [-0.2, 0) is 17.4 Å². The molecule has 1 rings (SSSR count). The van der Waals surface area contributed by atoms with Gasteiger partial charge in [-0.15, -0.1) is 0 Å². The zero-order valence-corrected chi connectivity index (χ0v) is 8.76. The van der Waals surface area contributed by atoms with E-state index >= 15 is 0 Å². The van der Waals surface area contributed by atoms with E-state index in [9.17, 15) is 26.7 Å². The molecule has 0 amide bonds. The zero-order valence-electron chi connectivity index (χ0n) is 8.76. The van der Waals surface area contributed by atoms with E-state index in [-0.39, 0.29) is 0 Å². The second-order valence-corrected chi connectivity index (χ2v) is 3.55. The first kappa shape index (κ1) is 14.4. The molecule has 0 aliphatic rings. The molecule has 0 saturated heterocycles. The lowest BCUT2D eigenvalue weighted by Gasteiger charge is -2.12. The quantitative estimate of drug-likeness (QED) is 0.824. The second kappa shape index (κ2) is 4.89. The van der Waals surface area contributed by atoms with Crippen LogP contribution in [0.3, 0.4) is 0 Å². The van der Waals surface area contributed by atoms with E-state index in [1.165, 1.54) is 0 Å². The highest BCUT2D eigenvalue weighted by atomic mass is 19.4. The smallest absolute Gasteiger partial charge is 0.419 e. The fourth-order valence-corrected chi connectivity index (χ4v) is 1.29. The van der Waals surface area contributed by atoms with Crippen LogP contribution in [-0.4, -0.2) is 17.1 Å². The Kier molecular flexibility index (Phi) is 3.90. The Labute approximate surface area is 98.0 Å². The van der Waals surface area contributed by atoms with E-state index in [0.29, 0.717) is 12.1 Å². The molecule has 1 aromatic carbocycles. The van der Waals surface area contributed by atoms with Crippen molar-refractivity contribution >= 4 is 5.97 Å². The van der Waals surface area contributed by atoms with Crippen LogP contribution in [0.15, 0.2) is 12.1 Å². The van der Waals surface area contributed by atoms with Crippen molar-refractivity contribution in [3.8, 4) is 0 Å². The van der Waals surface area contributed by atoms with Crippen molar-refractivity contribution in [1.82, 2.24) is 0 Å².